The molecule has 0 aromatic carbocycles. The lowest BCUT2D eigenvalue weighted by Crippen LogP contribution is -1.92. The molecule has 0 aliphatic heterocycles. The van der Waals surface area contributed by atoms with Crippen molar-refractivity contribution < 1.29 is 0 Å². The first-order chi connectivity index (χ1) is 7.77. The molecule has 0 unspecified atom stereocenters. The number of fused-ring (bicyclic) bond motifs is 3. The Hall–Kier alpha value is -1.55. The third-order valence-electron chi connectivity index (χ3n) is 2.60. The number of rotatable bonds is 1. The van der Waals surface area contributed by atoms with Crippen molar-refractivity contribution in [3.8, 4) is 0 Å². The average molecular weight is 229 g/mol. The van der Waals surface area contributed by atoms with Crippen LogP contribution in [-0.2, 0) is 0 Å². The molecule has 0 radical (unpaired) electrons. The number of aromatic nitrogens is 3. The van der Waals surface area contributed by atoms with Gasteiger partial charge in [-0.2, -0.15) is 0 Å². The van der Waals surface area contributed by atoms with Crippen LogP contribution in [-0.4, -0.2) is 15.0 Å². The summed E-state index contributed by atoms with van der Waals surface area (Å²) in [5.74, 6) is 0.415. The van der Waals surface area contributed by atoms with E-state index in [0.29, 0.717) is 5.92 Å². The SMILES string of the molecule is CC(C)c1ncnc2c1sc1ncccc12. The molecule has 0 saturated heterocycles. The van der Waals surface area contributed by atoms with Crippen LogP contribution in [0.4, 0.5) is 0 Å². The zero-order valence-corrected chi connectivity index (χ0v) is 9.95. The summed E-state index contributed by atoms with van der Waals surface area (Å²) in [4.78, 5) is 14.2. The van der Waals surface area contributed by atoms with E-state index < -0.39 is 0 Å². The summed E-state index contributed by atoms with van der Waals surface area (Å²) in [6.07, 6.45) is 3.47. The highest BCUT2D eigenvalue weighted by Gasteiger charge is 2.13. The highest BCUT2D eigenvalue weighted by Crippen LogP contribution is 2.34. The van der Waals surface area contributed by atoms with E-state index in [4.69, 9.17) is 0 Å². The highest BCUT2D eigenvalue weighted by molar-refractivity contribution is 7.25. The van der Waals surface area contributed by atoms with Crippen molar-refractivity contribution in [2.45, 2.75) is 19.8 Å². The van der Waals surface area contributed by atoms with Gasteiger partial charge in [-0.3, -0.25) is 0 Å². The third kappa shape index (κ3) is 1.30. The first-order valence-electron chi connectivity index (χ1n) is 5.25. The summed E-state index contributed by atoms with van der Waals surface area (Å²) in [6.45, 7) is 4.30. The summed E-state index contributed by atoms with van der Waals surface area (Å²) in [6, 6.07) is 4.02. The van der Waals surface area contributed by atoms with E-state index in [0.717, 1.165) is 21.4 Å². The maximum absolute atomic E-state index is 4.37. The normalized spacial score (nSPS) is 11.7. The standard InChI is InChI=1S/C12H11N3S/c1-7(2)9-11-10(15-6-14-9)8-4-3-5-13-12(8)16-11/h3-7H,1-2H3. The zero-order chi connectivity index (χ0) is 11.1. The number of thiophene rings is 1. The predicted octanol–water partition coefficient (Wildman–Crippen LogP) is 3.36. The maximum atomic E-state index is 4.37. The molecule has 0 N–H and O–H groups in total. The van der Waals surface area contributed by atoms with Gasteiger partial charge in [0, 0.05) is 11.6 Å². The molecule has 3 nitrogen and oxygen atoms in total. The molecule has 0 saturated carbocycles. The molecule has 3 rings (SSSR count). The number of hydrogen-bond donors (Lipinski definition) is 0. The maximum Gasteiger partial charge on any atom is 0.126 e. The number of hydrogen-bond acceptors (Lipinski definition) is 4. The van der Waals surface area contributed by atoms with E-state index in [-0.39, 0.29) is 0 Å². The van der Waals surface area contributed by atoms with Crippen LogP contribution in [0, 0.1) is 0 Å². The number of pyridine rings is 1. The van der Waals surface area contributed by atoms with Gasteiger partial charge in [-0.15, -0.1) is 11.3 Å². The Kier molecular flexibility index (Phi) is 2.11. The lowest BCUT2D eigenvalue weighted by atomic mass is 10.1. The smallest absolute Gasteiger partial charge is 0.126 e. The van der Waals surface area contributed by atoms with Gasteiger partial charge in [0.15, 0.2) is 0 Å². The van der Waals surface area contributed by atoms with Crippen LogP contribution in [0.15, 0.2) is 24.7 Å². The van der Waals surface area contributed by atoms with Crippen LogP contribution in [0.1, 0.15) is 25.5 Å². The van der Waals surface area contributed by atoms with Gasteiger partial charge in [-0.05, 0) is 18.1 Å². The molecule has 0 spiro atoms. The minimum atomic E-state index is 0.415. The number of nitrogens with zero attached hydrogens (tertiary/aromatic N) is 3. The monoisotopic (exact) mass is 229 g/mol. The topological polar surface area (TPSA) is 38.7 Å². The molecule has 3 aromatic heterocycles. The van der Waals surface area contributed by atoms with Crippen LogP contribution < -0.4 is 0 Å². The van der Waals surface area contributed by atoms with Crippen molar-refractivity contribution in [1.29, 1.82) is 0 Å². The summed E-state index contributed by atoms with van der Waals surface area (Å²) >= 11 is 1.68. The van der Waals surface area contributed by atoms with Crippen molar-refractivity contribution in [1.82, 2.24) is 15.0 Å². The minimum Gasteiger partial charge on any atom is -0.245 e. The van der Waals surface area contributed by atoms with Crippen LogP contribution in [0.3, 0.4) is 0 Å². The van der Waals surface area contributed by atoms with Crippen molar-refractivity contribution in [3.05, 3.63) is 30.4 Å². The summed E-state index contributed by atoms with van der Waals surface area (Å²) in [5.41, 5.74) is 2.15. The van der Waals surface area contributed by atoms with Gasteiger partial charge in [0.25, 0.3) is 0 Å². The van der Waals surface area contributed by atoms with E-state index in [1.165, 1.54) is 4.70 Å². The van der Waals surface area contributed by atoms with E-state index in [9.17, 15) is 0 Å². The van der Waals surface area contributed by atoms with Crippen molar-refractivity contribution >= 4 is 31.8 Å². The van der Waals surface area contributed by atoms with Gasteiger partial charge in [0.2, 0.25) is 0 Å². The van der Waals surface area contributed by atoms with Gasteiger partial charge in [-0.1, -0.05) is 13.8 Å². The molecule has 0 bridgehead atoms. The Morgan fingerprint density at radius 3 is 2.88 bits per heavy atom. The van der Waals surface area contributed by atoms with Gasteiger partial charge in [0.1, 0.15) is 11.2 Å². The fourth-order valence-corrected chi connectivity index (χ4v) is 3.07. The highest BCUT2D eigenvalue weighted by atomic mass is 32.1. The predicted molar refractivity (Wildman–Crippen MR) is 66.8 cm³/mol. The van der Waals surface area contributed by atoms with Crippen molar-refractivity contribution in [3.63, 3.8) is 0 Å². The quantitative estimate of drug-likeness (QED) is 0.642. The van der Waals surface area contributed by atoms with Gasteiger partial charge in [0.05, 0.1) is 15.9 Å². The third-order valence-corrected chi connectivity index (χ3v) is 3.73. The largest absolute Gasteiger partial charge is 0.245 e. The summed E-state index contributed by atoms with van der Waals surface area (Å²) < 4.78 is 1.17. The Morgan fingerprint density at radius 1 is 1.19 bits per heavy atom. The van der Waals surface area contributed by atoms with Crippen LogP contribution in [0.5, 0.6) is 0 Å². The first kappa shape index (κ1) is 9.66. The van der Waals surface area contributed by atoms with Crippen LogP contribution in [0.2, 0.25) is 0 Å². The molecular formula is C12H11N3S. The zero-order valence-electron chi connectivity index (χ0n) is 9.14. The van der Waals surface area contributed by atoms with Gasteiger partial charge < -0.3 is 0 Å². The van der Waals surface area contributed by atoms with Crippen LogP contribution >= 0.6 is 11.3 Å². The fraction of sp³-hybridized carbons (Fsp3) is 0.250. The molecule has 4 heteroatoms. The van der Waals surface area contributed by atoms with E-state index in [2.05, 4.69) is 34.9 Å². The van der Waals surface area contributed by atoms with E-state index >= 15 is 0 Å². The van der Waals surface area contributed by atoms with Gasteiger partial charge in [-0.25, -0.2) is 15.0 Å². The second-order valence-electron chi connectivity index (χ2n) is 4.05. The molecule has 3 heterocycles. The Morgan fingerprint density at radius 2 is 2.06 bits per heavy atom. The second kappa shape index (κ2) is 3.49. The summed E-state index contributed by atoms with van der Waals surface area (Å²) in [5, 5.41) is 1.13. The fourth-order valence-electron chi connectivity index (χ4n) is 1.84. The van der Waals surface area contributed by atoms with Crippen molar-refractivity contribution in [2.75, 3.05) is 0 Å². The molecule has 0 aliphatic carbocycles. The summed E-state index contributed by atoms with van der Waals surface area (Å²) in [7, 11) is 0. The Bertz CT molecular complexity index is 657. The molecule has 0 atom stereocenters. The van der Waals surface area contributed by atoms with E-state index in [1.54, 1.807) is 17.7 Å². The van der Waals surface area contributed by atoms with Gasteiger partial charge >= 0.3 is 0 Å². The molecule has 0 fully saturated rings. The Balaban J connectivity index is 2.49. The average Bonchev–Trinajstić information content (AvgIpc) is 2.67. The van der Waals surface area contributed by atoms with Crippen molar-refractivity contribution in [2.24, 2.45) is 0 Å². The van der Waals surface area contributed by atoms with E-state index in [1.807, 2.05) is 12.3 Å². The van der Waals surface area contributed by atoms with Crippen LogP contribution in [0.25, 0.3) is 20.4 Å². The lowest BCUT2D eigenvalue weighted by molar-refractivity contribution is 0.831. The molecule has 16 heavy (non-hydrogen) atoms. The molecule has 0 amide bonds. The first-order valence-corrected chi connectivity index (χ1v) is 6.07. The molecular weight excluding hydrogens is 218 g/mol. The molecule has 80 valence electrons. The minimum absolute atomic E-state index is 0.415. The second-order valence-corrected chi connectivity index (χ2v) is 5.05. The molecule has 3 aromatic rings. The molecule has 0 aliphatic rings. The lowest BCUT2D eigenvalue weighted by Gasteiger charge is -2.03. The Labute approximate surface area is 97.2 Å².